The Morgan fingerprint density at radius 2 is 1.71 bits per heavy atom. The second kappa shape index (κ2) is 10.8. The number of amides is 3. The van der Waals surface area contributed by atoms with Crippen LogP contribution in [0.1, 0.15) is 60.9 Å². The molecule has 0 unspecified atom stereocenters. The zero-order valence-corrected chi connectivity index (χ0v) is 20.1. The Balaban J connectivity index is 1.38. The van der Waals surface area contributed by atoms with E-state index in [0.29, 0.717) is 29.1 Å². The average Bonchev–Trinajstić information content (AvgIpc) is 2.86. The zero-order chi connectivity index (χ0) is 24.1. The summed E-state index contributed by atoms with van der Waals surface area (Å²) in [6.07, 6.45) is 6.41. The number of nitrogens with one attached hydrogen (secondary N) is 1. The fraction of sp³-hybridized carbons (Fsp3) is 0.385. The van der Waals surface area contributed by atoms with Gasteiger partial charge in [-0.15, -0.1) is 0 Å². The lowest BCUT2D eigenvalue weighted by molar-refractivity contribution is -0.135. The largest absolute Gasteiger partial charge is 0.349 e. The predicted octanol–water partition coefficient (Wildman–Crippen LogP) is 4.39. The predicted molar refractivity (Wildman–Crippen MR) is 133 cm³/mol. The molecule has 0 bridgehead atoms. The van der Waals surface area contributed by atoms with Crippen LogP contribution < -0.4 is 10.2 Å². The number of carbonyl (C=O) groups excluding carboxylic acids is 3. The first-order valence-corrected chi connectivity index (χ1v) is 12.1. The molecule has 1 N–H and O–H groups in total. The van der Waals surface area contributed by atoms with Gasteiger partial charge in [0.05, 0.1) is 5.71 Å². The van der Waals surface area contributed by atoms with Crippen LogP contribution in [0.15, 0.2) is 53.6 Å². The third-order valence-electron chi connectivity index (χ3n) is 6.40. The minimum absolute atomic E-state index is 0.0876. The summed E-state index contributed by atoms with van der Waals surface area (Å²) in [7, 11) is 1.65. The van der Waals surface area contributed by atoms with E-state index in [2.05, 4.69) is 10.4 Å². The maximum atomic E-state index is 12.9. The smallest absolute Gasteiger partial charge is 0.251 e. The van der Waals surface area contributed by atoms with E-state index in [4.69, 9.17) is 11.6 Å². The highest BCUT2D eigenvalue weighted by atomic mass is 35.5. The summed E-state index contributed by atoms with van der Waals surface area (Å²) in [5, 5.41) is 9.39. The quantitative estimate of drug-likeness (QED) is 0.665. The number of halogens is 1. The molecule has 34 heavy (non-hydrogen) atoms. The molecule has 2 aliphatic rings. The number of anilines is 1. The minimum atomic E-state index is -0.270. The molecular formula is C26H29ClN4O3. The Morgan fingerprint density at radius 3 is 2.38 bits per heavy atom. The highest BCUT2D eigenvalue weighted by molar-refractivity contribution is 6.30. The SMILES string of the molecule is CN(C(=O)CN1N=C(c2ccc(Cl)cc2)CCC1=O)c1ccc(C(=O)NC2CCCCC2)cc1. The van der Waals surface area contributed by atoms with Gasteiger partial charge < -0.3 is 10.2 Å². The molecule has 3 amide bonds. The lowest BCUT2D eigenvalue weighted by atomic mass is 9.95. The van der Waals surface area contributed by atoms with Gasteiger partial charge in [0.15, 0.2) is 0 Å². The topological polar surface area (TPSA) is 82.1 Å². The highest BCUT2D eigenvalue weighted by Gasteiger charge is 2.25. The van der Waals surface area contributed by atoms with E-state index in [0.717, 1.165) is 37.0 Å². The van der Waals surface area contributed by atoms with Crippen molar-refractivity contribution >= 4 is 40.7 Å². The van der Waals surface area contributed by atoms with Gasteiger partial charge in [-0.2, -0.15) is 5.10 Å². The minimum Gasteiger partial charge on any atom is -0.349 e. The van der Waals surface area contributed by atoms with Crippen LogP contribution in [0, 0.1) is 0 Å². The first-order chi connectivity index (χ1) is 16.4. The summed E-state index contributed by atoms with van der Waals surface area (Å²) in [5.74, 6) is -0.543. The van der Waals surface area contributed by atoms with Crippen molar-refractivity contribution in [3.63, 3.8) is 0 Å². The number of hydrazone groups is 1. The Hall–Kier alpha value is -3.19. The number of likely N-dealkylation sites (N-methyl/N-ethyl adjacent to an activating group) is 1. The summed E-state index contributed by atoms with van der Waals surface area (Å²) in [6.45, 7) is -0.156. The summed E-state index contributed by atoms with van der Waals surface area (Å²) in [6, 6.07) is 14.4. The number of benzene rings is 2. The van der Waals surface area contributed by atoms with Crippen LogP contribution in [0.5, 0.6) is 0 Å². The molecule has 1 saturated carbocycles. The second-order valence-electron chi connectivity index (χ2n) is 8.81. The molecular weight excluding hydrogens is 452 g/mol. The molecule has 0 spiro atoms. The molecule has 1 aliphatic carbocycles. The van der Waals surface area contributed by atoms with E-state index in [-0.39, 0.29) is 30.3 Å². The molecule has 2 aromatic carbocycles. The average molecular weight is 481 g/mol. The van der Waals surface area contributed by atoms with Crippen LogP contribution >= 0.6 is 11.6 Å². The molecule has 0 atom stereocenters. The van der Waals surface area contributed by atoms with E-state index < -0.39 is 0 Å². The van der Waals surface area contributed by atoms with Crippen LogP contribution in [0.2, 0.25) is 5.02 Å². The van der Waals surface area contributed by atoms with E-state index in [1.807, 2.05) is 12.1 Å². The van der Waals surface area contributed by atoms with Gasteiger partial charge in [-0.05, 0) is 54.8 Å². The van der Waals surface area contributed by atoms with Crippen molar-refractivity contribution in [2.75, 3.05) is 18.5 Å². The number of hydrogen-bond donors (Lipinski definition) is 1. The van der Waals surface area contributed by atoms with Crippen molar-refractivity contribution in [3.05, 3.63) is 64.7 Å². The van der Waals surface area contributed by atoms with Gasteiger partial charge in [0.25, 0.3) is 5.91 Å². The Bertz CT molecular complexity index is 1080. The van der Waals surface area contributed by atoms with Crippen LogP contribution in [-0.2, 0) is 9.59 Å². The molecule has 0 saturated heterocycles. The molecule has 4 rings (SSSR count). The maximum Gasteiger partial charge on any atom is 0.251 e. The van der Waals surface area contributed by atoms with Crippen molar-refractivity contribution in [1.29, 1.82) is 0 Å². The van der Waals surface area contributed by atoms with Crippen molar-refractivity contribution in [1.82, 2.24) is 10.3 Å². The summed E-state index contributed by atoms with van der Waals surface area (Å²) in [4.78, 5) is 39.3. The fourth-order valence-electron chi connectivity index (χ4n) is 4.30. The van der Waals surface area contributed by atoms with Crippen LogP contribution in [0.4, 0.5) is 5.69 Å². The van der Waals surface area contributed by atoms with Crippen LogP contribution in [-0.4, -0.2) is 48.1 Å². The Morgan fingerprint density at radius 1 is 1.03 bits per heavy atom. The molecule has 1 aliphatic heterocycles. The van der Waals surface area contributed by atoms with E-state index in [9.17, 15) is 14.4 Å². The fourth-order valence-corrected chi connectivity index (χ4v) is 4.43. The highest BCUT2D eigenvalue weighted by Crippen LogP contribution is 2.20. The zero-order valence-electron chi connectivity index (χ0n) is 19.3. The van der Waals surface area contributed by atoms with Crippen LogP contribution in [0.25, 0.3) is 0 Å². The van der Waals surface area contributed by atoms with Gasteiger partial charge in [0, 0.05) is 42.2 Å². The molecule has 2 aromatic rings. The monoisotopic (exact) mass is 480 g/mol. The lowest BCUT2D eigenvalue weighted by Crippen LogP contribution is -2.41. The van der Waals surface area contributed by atoms with Gasteiger partial charge in [0.1, 0.15) is 6.54 Å². The Kier molecular flexibility index (Phi) is 7.63. The van der Waals surface area contributed by atoms with Crippen molar-refractivity contribution < 1.29 is 14.4 Å². The number of nitrogens with zero attached hydrogens (tertiary/aromatic N) is 3. The first kappa shape index (κ1) is 24.0. The van der Waals surface area contributed by atoms with E-state index >= 15 is 0 Å². The summed E-state index contributed by atoms with van der Waals surface area (Å²) in [5.41, 5.74) is 2.84. The Labute approximate surface area is 204 Å². The second-order valence-corrected chi connectivity index (χ2v) is 9.25. The molecule has 7 nitrogen and oxygen atoms in total. The standard InChI is InChI=1S/C26H29ClN4O3/c1-30(22-13-9-19(10-14-22)26(34)28-21-5-3-2-4-6-21)25(33)17-31-24(32)16-15-23(29-31)18-7-11-20(27)12-8-18/h7-14,21H,2-6,15-17H2,1H3,(H,28,34). The van der Waals surface area contributed by atoms with Crippen LogP contribution in [0.3, 0.4) is 0 Å². The van der Waals surface area contributed by atoms with Gasteiger partial charge >= 0.3 is 0 Å². The van der Waals surface area contributed by atoms with Gasteiger partial charge in [0.2, 0.25) is 11.8 Å². The van der Waals surface area contributed by atoms with Crippen molar-refractivity contribution in [2.24, 2.45) is 5.10 Å². The van der Waals surface area contributed by atoms with Gasteiger partial charge in [-0.1, -0.05) is 43.0 Å². The lowest BCUT2D eigenvalue weighted by Gasteiger charge is -2.26. The first-order valence-electron chi connectivity index (χ1n) is 11.7. The number of carbonyl (C=O) groups is 3. The molecule has 0 aromatic heterocycles. The third kappa shape index (κ3) is 5.83. The van der Waals surface area contributed by atoms with E-state index in [1.54, 1.807) is 43.4 Å². The molecule has 178 valence electrons. The van der Waals surface area contributed by atoms with Gasteiger partial charge in [-0.3, -0.25) is 14.4 Å². The molecule has 0 radical (unpaired) electrons. The summed E-state index contributed by atoms with van der Waals surface area (Å²) < 4.78 is 0. The third-order valence-corrected chi connectivity index (χ3v) is 6.65. The number of hydrogen-bond acceptors (Lipinski definition) is 4. The molecule has 1 heterocycles. The normalized spacial score (nSPS) is 16.7. The molecule has 1 fully saturated rings. The summed E-state index contributed by atoms with van der Waals surface area (Å²) >= 11 is 5.96. The van der Waals surface area contributed by atoms with Crippen molar-refractivity contribution in [3.8, 4) is 0 Å². The number of rotatable bonds is 6. The van der Waals surface area contributed by atoms with Gasteiger partial charge in [-0.25, -0.2) is 5.01 Å². The molecule has 8 heteroatoms. The maximum absolute atomic E-state index is 12.9. The van der Waals surface area contributed by atoms with E-state index in [1.165, 1.54) is 16.3 Å². The van der Waals surface area contributed by atoms with Crippen molar-refractivity contribution in [2.45, 2.75) is 51.0 Å².